The van der Waals surface area contributed by atoms with Crippen LogP contribution in [0.1, 0.15) is 35.8 Å². The van der Waals surface area contributed by atoms with Gasteiger partial charge in [-0.3, -0.25) is 14.9 Å². The number of aliphatic hydroxyl groups is 1. The molecule has 2 aromatic carbocycles. The van der Waals surface area contributed by atoms with Crippen LogP contribution in [0, 0.1) is 10.1 Å². The van der Waals surface area contributed by atoms with Crippen molar-refractivity contribution in [2.24, 2.45) is 0 Å². The lowest BCUT2D eigenvalue weighted by Crippen LogP contribution is -2.37. The van der Waals surface area contributed by atoms with Gasteiger partial charge in [-0.05, 0) is 25.5 Å². The van der Waals surface area contributed by atoms with Gasteiger partial charge in [-0.25, -0.2) is 4.79 Å². The fourth-order valence-corrected chi connectivity index (χ4v) is 2.59. The summed E-state index contributed by atoms with van der Waals surface area (Å²) < 4.78 is 5.21. The highest BCUT2D eigenvalue weighted by Gasteiger charge is 2.24. The number of hydrogen-bond acceptors (Lipinski definition) is 7. The molecule has 0 aliphatic heterocycles. The van der Waals surface area contributed by atoms with E-state index in [1.54, 1.807) is 6.92 Å². The Kier molecular flexibility index (Phi) is 7.67. The number of rotatable bonds is 9. The van der Waals surface area contributed by atoms with Crippen LogP contribution in [-0.2, 0) is 9.53 Å². The van der Waals surface area contributed by atoms with Crippen molar-refractivity contribution >= 4 is 23.3 Å². The van der Waals surface area contributed by atoms with Crippen LogP contribution in [0.25, 0.3) is 0 Å². The molecule has 0 aromatic heterocycles. The molecule has 0 heterocycles. The Morgan fingerprint density at radius 2 is 1.86 bits per heavy atom. The summed E-state index contributed by atoms with van der Waals surface area (Å²) in [6.07, 6.45) is -1.11. The molecule has 9 nitrogen and oxygen atoms in total. The van der Waals surface area contributed by atoms with Gasteiger partial charge in [0.15, 0.2) is 6.10 Å². The third kappa shape index (κ3) is 6.01. The SMILES string of the molecule is C[C@@H](OC(=O)c1cc([N+](=O)[O-])ccc1NCCO)C(=O)N[C@H](C)c1ccccc1. The number of nitro groups is 1. The maximum Gasteiger partial charge on any atom is 0.341 e. The second kappa shape index (κ2) is 10.2. The van der Waals surface area contributed by atoms with Gasteiger partial charge in [0.25, 0.3) is 11.6 Å². The molecular weight excluding hydrogens is 378 g/mol. The molecule has 29 heavy (non-hydrogen) atoms. The second-order valence-corrected chi connectivity index (χ2v) is 6.33. The molecule has 2 aromatic rings. The van der Waals surface area contributed by atoms with E-state index >= 15 is 0 Å². The minimum absolute atomic E-state index is 0.0941. The lowest BCUT2D eigenvalue weighted by atomic mass is 10.1. The molecule has 9 heteroatoms. The van der Waals surface area contributed by atoms with Crippen molar-refractivity contribution in [1.29, 1.82) is 0 Å². The first kappa shape index (κ1) is 21.8. The van der Waals surface area contributed by atoms with Crippen molar-refractivity contribution in [1.82, 2.24) is 5.32 Å². The second-order valence-electron chi connectivity index (χ2n) is 6.33. The highest BCUT2D eigenvalue weighted by molar-refractivity contribution is 5.98. The first-order valence-electron chi connectivity index (χ1n) is 9.03. The molecule has 2 rings (SSSR count). The summed E-state index contributed by atoms with van der Waals surface area (Å²) in [4.78, 5) is 35.3. The Morgan fingerprint density at radius 1 is 1.17 bits per heavy atom. The summed E-state index contributed by atoms with van der Waals surface area (Å²) >= 11 is 0. The fourth-order valence-electron chi connectivity index (χ4n) is 2.59. The highest BCUT2D eigenvalue weighted by atomic mass is 16.6. The standard InChI is InChI=1S/C20H23N3O6/c1-13(15-6-4-3-5-7-15)22-19(25)14(2)29-20(26)17-12-16(23(27)28)8-9-18(17)21-10-11-24/h3-9,12-14,21,24H,10-11H2,1-2H3,(H,22,25)/t13-,14-/m1/s1. The van der Waals surface area contributed by atoms with Crippen LogP contribution in [-0.4, -0.2) is 41.2 Å². The smallest absolute Gasteiger partial charge is 0.341 e. The van der Waals surface area contributed by atoms with E-state index in [9.17, 15) is 19.7 Å². The average molecular weight is 401 g/mol. The zero-order chi connectivity index (χ0) is 21.4. The number of nitrogens with zero attached hydrogens (tertiary/aromatic N) is 1. The quantitative estimate of drug-likeness (QED) is 0.334. The molecule has 2 atom stereocenters. The molecule has 3 N–H and O–H groups in total. The number of amides is 1. The molecular formula is C20H23N3O6. The molecule has 0 aliphatic carbocycles. The number of esters is 1. The van der Waals surface area contributed by atoms with Crippen molar-refractivity contribution < 1.29 is 24.4 Å². The van der Waals surface area contributed by atoms with E-state index in [4.69, 9.17) is 9.84 Å². The topological polar surface area (TPSA) is 131 Å². The van der Waals surface area contributed by atoms with Gasteiger partial charge in [0.1, 0.15) is 0 Å². The number of nitro benzene ring substituents is 1. The first-order chi connectivity index (χ1) is 13.8. The Balaban J connectivity index is 2.10. The minimum atomic E-state index is -1.11. The predicted octanol–water partition coefficient (Wildman–Crippen LogP) is 2.42. The minimum Gasteiger partial charge on any atom is -0.449 e. The number of hydrogen-bond donors (Lipinski definition) is 3. The van der Waals surface area contributed by atoms with Gasteiger partial charge in [-0.2, -0.15) is 0 Å². The normalized spacial score (nSPS) is 12.5. The molecule has 0 unspecified atom stereocenters. The Morgan fingerprint density at radius 3 is 2.48 bits per heavy atom. The van der Waals surface area contributed by atoms with Crippen molar-refractivity contribution in [3.8, 4) is 0 Å². The molecule has 1 amide bonds. The summed E-state index contributed by atoms with van der Waals surface area (Å²) in [5, 5.41) is 25.5. The molecule has 0 radical (unpaired) electrons. The number of carbonyl (C=O) groups is 2. The van der Waals surface area contributed by atoms with Gasteiger partial charge in [0, 0.05) is 24.4 Å². The lowest BCUT2D eigenvalue weighted by Gasteiger charge is -2.19. The van der Waals surface area contributed by atoms with Crippen LogP contribution in [0.4, 0.5) is 11.4 Å². The van der Waals surface area contributed by atoms with Gasteiger partial charge >= 0.3 is 5.97 Å². The summed E-state index contributed by atoms with van der Waals surface area (Å²) in [6, 6.07) is 12.7. The molecule has 154 valence electrons. The predicted molar refractivity (Wildman–Crippen MR) is 107 cm³/mol. The van der Waals surface area contributed by atoms with Gasteiger partial charge in [0.05, 0.1) is 23.1 Å². The maximum absolute atomic E-state index is 12.5. The number of anilines is 1. The third-order valence-corrected chi connectivity index (χ3v) is 4.17. The van der Waals surface area contributed by atoms with Crippen LogP contribution < -0.4 is 10.6 Å². The third-order valence-electron chi connectivity index (χ3n) is 4.17. The highest BCUT2D eigenvalue weighted by Crippen LogP contribution is 2.23. The Labute approximate surface area is 167 Å². The van der Waals surface area contributed by atoms with Crippen molar-refractivity contribution in [2.75, 3.05) is 18.5 Å². The number of aliphatic hydroxyl groups excluding tert-OH is 1. The zero-order valence-corrected chi connectivity index (χ0v) is 16.1. The number of carbonyl (C=O) groups excluding carboxylic acids is 2. The van der Waals surface area contributed by atoms with E-state index in [-0.39, 0.29) is 36.1 Å². The van der Waals surface area contributed by atoms with E-state index in [1.165, 1.54) is 19.1 Å². The van der Waals surface area contributed by atoms with Crippen LogP contribution in [0.5, 0.6) is 0 Å². The largest absolute Gasteiger partial charge is 0.449 e. The van der Waals surface area contributed by atoms with E-state index in [2.05, 4.69) is 10.6 Å². The van der Waals surface area contributed by atoms with Crippen LogP contribution in [0.3, 0.4) is 0 Å². The Hall–Kier alpha value is -3.46. The molecule has 0 bridgehead atoms. The van der Waals surface area contributed by atoms with Gasteiger partial charge < -0.3 is 20.5 Å². The van der Waals surface area contributed by atoms with E-state index in [1.807, 2.05) is 30.3 Å². The summed E-state index contributed by atoms with van der Waals surface area (Å²) in [5.74, 6) is -1.38. The van der Waals surface area contributed by atoms with Gasteiger partial charge in [-0.15, -0.1) is 0 Å². The van der Waals surface area contributed by atoms with E-state index in [0.29, 0.717) is 0 Å². The number of ether oxygens (including phenoxy) is 1. The average Bonchev–Trinajstić information content (AvgIpc) is 2.72. The number of benzene rings is 2. The fraction of sp³-hybridized carbons (Fsp3) is 0.300. The van der Waals surface area contributed by atoms with E-state index < -0.39 is 22.9 Å². The lowest BCUT2D eigenvalue weighted by molar-refractivity contribution is -0.384. The van der Waals surface area contributed by atoms with Crippen molar-refractivity contribution in [3.05, 3.63) is 69.8 Å². The molecule has 0 fully saturated rings. The van der Waals surface area contributed by atoms with E-state index in [0.717, 1.165) is 11.6 Å². The monoisotopic (exact) mass is 401 g/mol. The summed E-state index contributed by atoms with van der Waals surface area (Å²) in [7, 11) is 0. The number of nitrogens with one attached hydrogen (secondary N) is 2. The van der Waals surface area contributed by atoms with Crippen LogP contribution >= 0.6 is 0 Å². The summed E-state index contributed by atoms with van der Waals surface area (Å²) in [6.45, 7) is 3.17. The van der Waals surface area contributed by atoms with Crippen LogP contribution in [0.15, 0.2) is 48.5 Å². The van der Waals surface area contributed by atoms with Gasteiger partial charge in [-0.1, -0.05) is 30.3 Å². The molecule has 0 saturated heterocycles. The van der Waals surface area contributed by atoms with Crippen molar-refractivity contribution in [2.45, 2.75) is 26.0 Å². The summed E-state index contributed by atoms with van der Waals surface area (Å²) in [5.41, 5.74) is 0.776. The number of non-ortho nitro benzene ring substituents is 1. The molecule has 0 aliphatic rings. The molecule has 0 spiro atoms. The first-order valence-corrected chi connectivity index (χ1v) is 9.03. The van der Waals surface area contributed by atoms with Crippen molar-refractivity contribution in [3.63, 3.8) is 0 Å². The van der Waals surface area contributed by atoms with Gasteiger partial charge in [0.2, 0.25) is 0 Å². The molecule has 0 saturated carbocycles. The Bertz CT molecular complexity index is 872. The zero-order valence-electron chi connectivity index (χ0n) is 16.1. The van der Waals surface area contributed by atoms with Crippen LogP contribution in [0.2, 0.25) is 0 Å². The maximum atomic E-state index is 12.5.